The second-order valence-corrected chi connectivity index (χ2v) is 9.85. The Morgan fingerprint density at radius 1 is 1.08 bits per heavy atom. The molecule has 1 aliphatic rings. The molecule has 10 heteroatoms. The van der Waals surface area contributed by atoms with Crippen molar-refractivity contribution in [3.05, 3.63) is 76.5 Å². The summed E-state index contributed by atoms with van der Waals surface area (Å²) >= 11 is 0. The lowest BCUT2D eigenvalue weighted by Gasteiger charge is -2.50. The number of benzene rings is 2. The Kier molecular flexibility index (Phi) is 7.22. The maximum atomic E-state index is 14.0. The number of Topliss-reactive ketones (excluding diaryl/α,β-unsaturated/α-hetero) is 1. The first-order valence-electron chi connectivity index (χ1n) is 11.3. The van der Waals surface area contributed by atoms with E-state index < -0.39 is 47.0 Å². The summed E-state index contributed by atoms with van der Waals surface area (Å²) in [6, 6.07) is 8.24. The Morgan fingerprint density at radius 2 is 1.68 bits per heavy atom. The van der Waals surface area contributed by atoms with Gasteiger partial charge in [0.25, 0.3) is 0 Å². The van der Waals surface area contributed by atoms with Crippen LogP contribution in [0.15, 0.2) is 59.8 Å². The molecule has 0 aromatic heterocycles. The van der Waals surface area contributed by atoms with E-state index in [4.69, 9.17) is 0 Å². The molecule has 0 aliphatic carbocycles. The number of carboxylic acids is 1. The van der Waals surface area contributed by atoms with E-state index in [2.05, 4.69) is 0 Å². The lowest BCUT2D eigenvalue weighted by Crippen LogP contribution is -2.62. The number of carboxylic acid groups (broad SMARTS) is 1. The third-order valence-corrected chi connectivity index (χ3v) is 6.18. The Labute approximate surface area is 212 Å². The fourth-order valence-corrected chi connectivity index (χ4v) is 4.61. The lowest BCUT2D eigenvalue weighted by molar-refractivity contribution is -0.314. The number of urea groups is 1. The summed E-state index contributed by atoms with van der Waals surface area (Å²) in [6.07, 6.45) is -4.69. The van der Waals surface area contributed by atoms with Crippen molar-refractivity contribution in [3.8, 4) is 6.07 Å². The van der Waals surface area contributed by atoms with Crippen molar-refractivity contribution in [2.45, 2.75) is 52.9 Å². The quantitative estimate of drug-likeness (QED) is 0.583. The molecule has 194 valence electrons. The second-order valence-electron chi connectivity index (χ2n) is 9.85. The molecule has 0 N–H and O–H groups in total. The molecule has 0 spiro atoms. The topological polar surface area (TPSA) is 105 Å². The zero-order valence-electron chi connectivity index (χ0n) is 20.9. The highest BCUT2D eigenvalue weighted by Gasteiger charge is 2.48. The summed E-state index contributed by atoms with van der Waals surface area (Å²) in [4.78, 5) is 41.4. The molecular weight excluding hydrogens is 487 g/mol. The smallest absolute Gasteiger partial charge is 0.416 e. The normalized spacial score (nSPS) is 17.5. The molecule has 1 aliphatic heterocycles. The second kappa shape index (κ2) is 9.73. The highest BCUT2D eigenvalue weighted by Crippen LogP contribution is 2.44. The number of allylic oxidation sites excluding steroid dienone is 1. The third kappa shape index (κ3) is 5.21. The first kappa shape index (κ1) is 27.5. The molecule has 1 heterocycles. The van der Waals surface area contributed by atoms with Crippen LogP contribution in [-0.4, -0.2) is 28.7 Å². The zero-order valence-corrected chi connectivity index (χ0v) is 20.9. The van der Waals surface area contributed by atoms with Gasteiger partial charge in [-0.1, -0.05) is 39.0 Å². The van der Waals surface area contributed by atoms with E-state index in [9.17, 15) is 37.9 Å². The number of carbonyl (C=O) groups is 3. The minimum atomic E-state index is -4.69. The highest BCUT2D eigenvalue weighted by molar-refractivity contribution is 6.06. The molecule has 7 nitrogen and oxygen atoms in total. The van der Waals surface area contributed by atoms with Gasteiger partial charge in [0.1, 0.15) is 0 Å². The summed E-state index contributed by atoms with van der Waals surface area (Å²) in [5.74, 6) is -2.10. The Balaban J connectivity index is 2.38. The van der Waals surface area contributed by atoms with Gasteiger partial charge in [-0.05, 0) is 55.2 Å². The van der Waals surface area contributed by atoms with E-state index in [0.717, 1.165) is 28.0 Å². The van der Waals surface area contributed by atoms with Crippen molar-refractivity contribution in [1.29, 1.82) is 5.26 Å². The third-order valence-electron chi connectivity index (χ3n) is 6.18. The molecule has 0 saturated heterocycles. The number of amides is 2. The van der Waals surface area contributed by atoms with Crippen molar-refractivity contribution in [2.24, 2.45) is 5.41 Å². The minimum absolute atomic E-state index is 0.0252. The SMILES string of the molecule is CC(=O)C1=C(C)N(c2cccc(C(F)(F)F)c2)C(=O)N(C(C(=O)[O-])C(C)(C)C)[C@@H]1c1ccc(C#N)cc1. The van der Waals surface area contributed by atoms with Gasteiger partial charge in [0.05, 0.1) is 40.9 Å². The van der Waals surface area contributed by atoms with E-state index in [1.54, 1.807) is 20.8 Å². The van der Waals surface area contributed by atoms with Crippen LogP contribution in [0.2, 0.25) is 0 Å². The number of aliphatic carboxylic acids is 1. The van der Waals surface area contributed by atoms with Crippen LogP contribution in [0.25, 0.3) is 0 Å². The summed E-state index contributed by atoms with van der Waals surface area (Å²) < 4.78 is 40.4. The van der Waals surface area contributed by atoms with Crippen LogP contribution in [-0.2, 0) is 15.8 Å². The number of carbonyl (C=O) groups excluding carboxylic acids is 3. The first-order valence-corrected chi connectivity index (χ1v) is 11.3. The van der Waals surface area contributed by atoms with Gasteiger partial charge in [0.15, 0.2) is 5.78 Å². The molecule has 2 aromatic rings. The molecule has 0 radical (unpaired) electrons. The molecular formula is C27H25F3N3O4-. The molecule has 0 saturated carbocycles. The van der Waals surface area contributed by atoms with Gasteiger partial charge >= 0.3 is 12.2 Å². The maximum absolute atomic E-state index is 14.0. The number of anilines is 1. The molecule has 37 heavy (non-hydrogen) atoms. The van der Waals surface area contributed by atoms with Gasteiger partial charge in [-0.15, -0.1) is 0 Å². The molecule has 2 aromatic carbocycles. The number of ketones is 1. The van der Waals surface area contributed by atoms with Crippen LogP contribution in [0.4, 0.5) is 23.7 Å². The summed E-state index contributed by atoms with van der Waals surface area (Å²) in [6.45, 7) is 7.38. The van der Waals surface area contributed by atoms with E-state index in [0.29, 0.717) is 11.1 Å². The first-order chi connectivity index (χ1) is 17.1. The lowest BCUT2D eigenvalue weighted by atomic mass is 9.81. The van der Waals surface area contributed by atoms with Gasteiger partial charge in [0.2, 0.25) is 0 Å². The van der Waals surface area contributed by atoms with Crippen LogP contribution < -0.4 is 10.0 Å². The van der Waals surface area contributed by atoms with Crippen molar-refractivity contribution < 1.29 is 32.7 Å². The highest BCUT2D eigenvalue weighted by atomic mass is 19.4. The maximum Gasteiger partial charge on any atom is 0.416 e. The fraction of sp³-hybridized carbons (Fsp3) is 0.333. The van der Waals surface area contributed by atoms with Crippen LogP contribution in [0.3, 0.4) is 0 Å². The summed E-state index contributed by atoms with van der Waals surface area (Å²) in [5.41, 5.74) is -1.53. The number of rotatable bonds is 5. The van der Waals surface area contributed by atoms with Crippen molar-refractivity contribution >= 4 is 23.5 Å². The number of hydrogen-bond acceptors (Lipinski definition) is 5. The van der Waals surface area contributed by atoms with Crippen LogP contribution in [0.5, 0.6) is 0 Å². The Bertz CT molecular complexity index is 1320. The summed E-state index contributed by atoms with van der Waals surface area (Å²) in [7, 11) is 0. The monoisotopic (exact) mass is 512 g/mol. The van der Waals surface area contributed by atoms with Gasteiger partial charge < -0.3 is 14.8 Å². The molecule has 2 amide bonds. The van der Waals surface area contributed by atoms with Crippen molar-refractivity contribution in [3.63, 3.8) is 0 Å². The molecule has 1 unspecified atom stereocenters. The van der Waals surface area contributed by atoms with E-state index in [1.807, 2.05) is 6.07 Å². The molecule has 3 rings (SSSR count). The summed E-state index contributed by atoms with van der Waals surface area (Å²) in [5, 5.41) is 21.6. The van der Waals surface area contributed by atoms with Crippen molar-refractivity contribution in [2.75, 3.05) is 4.90 Å². The average molecular weight is 513 g/mol. The van der Waals surface area contributed by atoms with Crippen LogP contribution in [0, 0.1) is 16.7 Å². The molecule has 0 fully saturated rings. The Morgan fingerprint density at radius 3 is 2.14 bits per heavy atom. The van der Waals surface area contributed by atoms with Gasteiger partial charge in [-0.25, -0.2) is 4.79 Å². The zero-order chi connectivity index (χ0) is 27.9. The predicted molar refractivity (Wildman–Crippen MR) is 127 cm³/mol. The molecule has 2 atom stereocenters. The number of alkyl halides is 3. The average Bonchev–Trinajstić information content (AvgIpc) is 2.79. The largest absolute Gasteiger partial charge is 0.548 e. The fourth-order valence-electron chi connectivity index (χ4n) is 4.61. The number of nitrogens with zero attached hydrogens (tertiary/aromatic N) is 3. The van der Waals surface area contributed by atoms with Gasteiger partial charge in [-0.3, -0.25) is 9.69 Å². The van der Waals surface area contributed by atoms with Gasteiger partial charge in [0, 0.05) is 11.3 Å². The number of nitriles is 1. The minimum Gasteiger partial charge on any atom is -0.548 e. The van der Waals surface area contributed by atoms with Crippen molar-refractivity contribution in [1.82, 2.24) is 4.90 Å². The van der Waals surface area contributed by atoms with Gasteiger partial charge in [-0.2, -0.15) is 18.4 Å². The van der Waals surface area contributed by atoms with E-state index in [1.165, 1.54) is 44.2 Å². The van der Waals surface area contributed by atoms with E-state index in [-0.39, 0.29) is 17.0 Å². The van der Waals surface area contributed by atoms with Crippen LogP contribution in [0.1, 0.15) is 57.4 Å². The number of halogens is 3. The standard InChI is InChI=1S/C27H26F3N3O4/c1-15-21(16(2)34)22(18-11-9-17(14-31)10-12-18)33(23(24(35)36)26(3,4)5)25(37)32(15)20-8-6-7-19(13-20)27(28,29)30/h6-13,22-23H,1-5H3,(H,35,36)/p-1/t22-,23?/m1/s1. The predicted octanol–water partition coefficient (Wildman–Crippen LogP) is 4.59. The molecule has 0 bridgehead atoms. The number of hydrogen-bond donors (Lipinski definition) is 0. The van der Waals surface area contributed by atoms with Crippen LogP contribution >= 0.6 is 0 Å². The van der Waals surface area contributed by atoms with E-state index >= 15 is 0 Å². The Hall–Kier alpha value is -4.13.